The topological polar surface area (TPSA) is 84.6 Å². The van der Waals surface area contributed by atoms with Gasteiger partial charge in [-0.05, 0) is 29.8 Å². The molecule has 0 unspecified atom stereocenters. The number of nitro benzene ring substituents is 1. The van der Waals surface area contributed by atoms with E-state index in [2.05, 4.69) is 26.5 Å². The SMILES string of the molecule is O=C(N/N=C\c1cccc(Br)c1)c1ccc([N+](=O)[O-])cc1. The van der Waals surface area contributed by atoms with E-state index in [4.69, 9.17) is 0 Å². The number of carbonyl (C=O) groups excluding carboxylic acids is 1. The summed E-state index contributed by atoms with van der Waals surface area (Å²) in [5.41, 5.74) is 3.42. The molecule has 6 nitrogen and oxygen atoms in total. The molecule has 2 aromatic carbocycles. The van der Waals surface area contributed by atoms with Crippen LogP contribution in [0.3, 0.4) is 0 Å². The maximum absolute atomic E-state index is 11.8. The summed E-state index contributed by atoms with van der Waals surface area (Å²) >= 11 is 3.33. The lowest BCUT2D eigenvalue weighted by molar-refractivity contribution is -0.384. The van der Waals surface area contributed by atoms with E-state index in [0.29, 0.717) is 5.56 Å². The maximum Gasteiger partial charge on any atom is 0.271 e. The highest BCUT2D eigenvalue weighted by Crippen LogP contribution is 2.12. The van der Waals surface area contributed by atoms with Crippen LogP contribution in [0.4, 0.5) is 5.69 Å². The summed E-state index contributed by atoms with van der Waals surface area (Å²) in [6, 6.07) is 12.7. The number of rotatable bonds is 4. The second kappa shape index (κ2) is 6.76. The van der Waals surface area contributed by atoms with Gasteiger partial charge in [-0.2, -0.15) is 5.10 Å². The molecule has 0 saturated carbocycles. The van der Waals surface area contributed by atoms with Crippen molar-refractivity contribution >= 4 is 33.7 Å². The first kappa shape index (κ1) is 14.9. The van der Waals surface area contributed by atoms with Gasteiger partial charge in [0.05, 0.1) is 11.1 Å². The van der Waals surface area contributed by atoms with Gasteiger partial charge in [0.15, 0.2) is 0 Å². The highest BCUT2D eigenvalue weighted by Gasteiger charge is 2.08. The fraction of sp³-hybridized carbons (Fsp3) is 0. The van der Waals surface area contributed by atoms with Gasteiger partial charge in [0, 0.05) is 22.2 Å². The Morgan fingerprint density at radius 1 is 1.24 bits per heavy atom. The average molecular weight is 348 g/mol. The molecule has 0 fully saturated rings. The summed E-state index contributed by atoms with van der Waals surface area (Å²) in [6.07, 6.45) is 1.51. The van der Waals surface area contributed by atoms with E-state index in [-0.39, 0.29) is 5.69 Å². The number of benzene rings is 2. The molecule has 0 aliphatic heterocycles. The van der Waals surface area contributed by atoms with Gasteiger partial charge in [-0.15, -0.1) is 0 Å². The monoisotopic (exact) mass is 347 g/mol. The molecule has 0 heterocycles. The van der Waals surface area contributed by atoms with Crippen LogP contribution >= 0.6 is 15.9 Å². The van der Waals surface area contributed by atoms with Crippen LogP contribution in [0.1, 0.15) is 15.9 Å². The highest BCUT2D eigenvalue weighted by atomic mass is 79.9. The van der Waals surface area contributed by atoms with Crippen molar-refractivity contribution in [2.45, 2.75) is 0 Å². The van der Waals surface area contributed by atoms with E-state index in [0.717, 1.165) is 10.0 Å². The van der Waals surface area contributed by atoms with Crippen LogP contribution in [0.5, 0.6) is 0 Å². The fourth-order valence-corrected chi connectivity index (χ4v) is 1.97. The Bertz CT molecular complexity index is 699. The Kier molecular flexibility index (Phi) is 4.78. The standard InChI is InChI=1S/C14H10BrN3O3/c15-12-3-1-2-10(8-12)9-16-17-14(19)11-4-6-13(7-5-11)18(20)21/h1-9H,(H,17,19)/b16-9-. The molecule has 0 aliphatic carbocycles. The quantitative estimate of drug-likeness (QED) is 0.523. The van der Waals surface area contributed by atoms with Crippen molar-refractivity contribution < 1.29 is 9.72 Å². The van der Waals surface area contributed by atoms with E-state index in [1.807, 2.05) is 24.3 Å². The van der Waals surface area contributed by atoms with Crippen LogP contribution in [-0.2, 0) is 0 Å². The van der Waals surface area contributed by atoms with Gasteiger partial charge in [-0.25, -0.2) is 5.43 Å². The number of hydrogen-bond acceptors (Lipinski definition) is 4. The first-order valence-electron chi connectivity index (χ1n) is 5.90. The molecule has 0 radical (unpaired) electrons. The molecule has 2 rings (SSSR count). The summed E-state index contributed by atoms with van der Waals surface area (Å²) in [5, 5.41) is 14.4. The number of hydrazone groups is 1. The smallest absolute Gasteiger partial charge is 0.267 e. The average Bonchev–Trinajstić information content (AvgIpc) is 2.47. The van der Waals surface area contributed by atoms with E-state index in [1.165, 1.54) is 30.5 Å². The molecule has 0 spiro atoms. The minimum absolute atomic E-state index is 0.0656. The van der Waals surface area contributed by atoms with Crippen molar-refractivity contribution in [1.82, 2.24) is 5.43 Å². The molecule has 2 aromatic rings. The number of nitrogens with one attached hydrogen (secondary N) is 1. The molecule has 0 saturated heterocycles. The third-order valence-corrected chi connectivity index (χ3v) is 3.06. The molecule has 0 bridgehead atoms. The number of nitrogens with zero attached hydrogens (tertiary/aromatic N) is 2. The zero-order chi connectivity index (χ0) is 15.2. The van der Waals surface area contributed by atoms with Gasteiger partial charge in [0.25, 0.3) is 11.6 Å². The maximum atomic E-state index is 11.8. The predicted octanol–water partition coefficient (Wildman–Crippen LogP) is 3.12. The van der Waals surface area contributed by atoms with Gasteiger partial charge in [0.1, 0.15) is 0 Å². The van der Waals surface area contributed by atoms with Crippen LogP contribution in [0.25, 0.3) is 0 Å². The number of nitro groups is 1. The van der Waals surface area contributed by atoms with E-state index in [9.17, 15) is 14.9 Å². The van der Waals surface area contributed by atoms with Gasteiger partial charge < -0.3 is 0 Å². The predicted molar refractivity (Wildman–Crippen MR) is 82.3 cm³/mol. The molecular formula is C14H10BrN3O3. The van der Waals surface area contributed by atoms with Crippen molar-refractivity contribution in [2.24, 2.45) is 5.10 Å². The fourth-order valence-electron chi connectivity index (χ4n) is 1.55. The number of amides is 1. The minimum atomic E-state index is -0.521. The minimum Gasteiger partial charge on any atom is -0.267 e. The molecule has 1 amide bonds. The second-order valence-corrected chi connectivity index (χ2v) is 4.97. The van der Waals surface area contributed by atoms with Gasteiger partial charge >= 0.3 is 0 Å². The van der Waals surface area contributed by atoms with Crippen molar-refractivity contribution in [2.75, 3.05) is 0 Å². The summed E-state index contributed by atoms with van der Waals surface area (Å²) in [5.74, 6) is -0.434. The Labute approximate surface area is 128 Å². The number of hydrogen-bond donors (Lipinski definition) is 1. The van der Waals surface area contributed by atoms with Crippen LogP contribution in [0.15, 0.2) is 58.1 Å². The van der Waals surface area contributed by atoms with Crippen LogP contribution in [-0.4, -0.2) is 17.0 Å². The van der Waals surface area contributed by atoms with Crippen molar-refractivity contribution in [3.05, 3.63) is 74.2 Å². The first-order chi connectivity index (χ1) is 10.1. The zero-order valence-electron chi connectivity index (χ0n) is 10.7. The summed E-state index contributed by atoms with van der Waals surface area (Å²) in [6.45, 7) is 0. The lowest BCUT2D eigenvalue weighted by Gasteiger charge is -1.99. The Morgan fingerprint density at radius 2 is 1.95 bits per heavy atom. The molecular weight excluding hydrogens is 338 g/mol. The second-order valence-electron chi connectivity index (χ2n) is 4.06. The Morgan fingerprint density at radius 3 is 2.57 bits per heavy atom. The number of carbonyl (C=O) groups is 1. The zero-order valence-corrected chi connectivity index (χ0v) is 12.3. The van der Waals surface area contributed by atoms with Crippen LogP contribution in [0.2, 0.25) is 0 Å². The summed E-state index contributed by atoms with van der Waals surface area (Å²) in [4.78, 5) is 21.8. The normalized spacial score (nSPS) is 10.5. The lowest BCUT2D eigenvalue weighted by Crippen LogP contribution is -2.17. The highest BCUT2D eigenvalue weighted by molar-refractivity contribution is 9.10. The van der Waals surface area contributed by atoms with Gasteiger partial charge in [0.2, 0.25) is 0 Å². The number of halogens is 1. The van der Waals surface area contributed by atoms with Crippen LogP contribution in [0, 0.1) is 10.1 Å². The van der Waals surface area contributed by atoms with E-state index < -0.39 is 10.8 Å². The molecule has 0 atom stereocenters. The molecule has 1 N–H and O–H groups in total. The lowest BCUT2D eigenvalue weighted by atomic mass is 10.2. The molecule has 106 valence electrons. The van der Waals surface area contributed by atoms with Gasteiger partial charge in [-0.3, -0.25) is 14.9 Å². The summed E-state index contributed by atoms with van der Waals surface area (Å²) in [7, 11) is 0. The molecule has 0 aliphatic rings. The first-order valence-corrected chi connectivity index (χ1v) is 6.69. The Hall–Kier alpha value is -2.54. The molecule has 0 aromatic heterocycles. The summed E-state index contributed by atoms with van der Waals surface area (Å²) < 4.78 is 0.910. The van der Waals surface area contributed by atoms with Crippen molar-refractivity contribution in [3.8, 4) is 0 Å². The van der Waals surface area contributed by atoms with Crippen molar-refractivity contribution in [3.63, 3.8) is 0 Å². The third kappa shape index (κ3) is 4.22. The number of non-ortho nitro benzene ring substituents is 1. The largest absolute Gasteiger partial charge is 0.271 e. The third-order valence-electron chi connectivity index (χ3n) is 2.57. The Balaban J connectivity index is 2.00. The van der Waals surface area contributed by atoms with E-state index >= 15 is 0 Å². The molecule has 21 heavy (non-hydrogen) atoms. The van der Waals surface area contributed by atoms with E-state index in [1.54, 1.807) is 0 Å². The van der Waals surface area contributed by atoms with Gasteiger partial charge in [-0.1, -0.05) is 28.1 Å². The van der Waals surface area contributed by atoms with Crippen molar-refractivity contribution in [1.29, 1.82) is 0 Å². The van der Waals surface area contributed by atoms with Crippen LogP contribution < -0.4 is 5.43 Å². The molecule has 7 heteroatoms.